The molecule has 1 heterocycles. The minimum Gasteiger partial charge on any atom is -0.297 e. The van der Waals surface area contributed by atoms with E-state index in [1.54, 1.807) is 0 Å². The maximum Gasteiger partial charge on any atom is 0.329 e. The molecular formula is C16H23ClN2O2. The van der Waals surface area contributed by atoms with E-state index >= 15 is 0 Å². The van der Waals surface area contributed by atoms with Gasteiger partial charge in [0.15, 0.2) is 0 Å². The van der Waals surface area contributed by atoms with Crippen LogP contribution in [-0.2, 0) is 0 Å². The summed E-state index contributed by atoms with van der Waals surface area (Å²) in [7, 11) is 0. The van der Waals surface area contributed by atoms with E-state index in [1.165, 1.54) is 23.8 Å². The Labute approximate surface area is 129 Å². The second-order valence-corrected chi connectivity index (χ2v) is 7.44. The van der Waals surface area contributed by atoms with Crippen molar-refractivity contribution >= 4 is 11.6 Å². The first-order valence-corrected chi connectivity index (χ1v) is 8.32. The lowest BCUT2D eigenvalue weighted by Crippen LogP contribution is -2.42. The summed E-state index contributed by atoms with van der Waals surface area (Å²) in [6.07, 6.45) is 4.98. The number of rotatable bonds is 3. The molecule has 0 amide bonds. The third-order valence-electron chi connectivity index (χ3n) is 5.52. The third kappa shape index (κ3) is 2.37. The molecule has 0 aliphatic heterocycles. The smallest absolute Gasteiger partial charge is 0.297 e. The van der Waals surface area contributed by atoms with Crippen LogP contribution >= 0.6 is 11.6 Å². The molecule has 4 atom stereocenters. The fraction of sp³-hybridized carbons (Fsp3) is 0.750. The summed E-state index contributed by atoms with van der Waals surface area (Å²) in [6, 6.07) is -0.0497. The molecule has 0 spiro atoms. The van der Waals surface area contributed by atoms with Gasteiger partial charge >= 0.3 is 5.69 Å². The van der Waals surface area contributed by atoms with Gasteiger partial charge in [-0.05, 0) is 49.9 Å². The van der Waals surface area contributed by atoms with Crippen LogP contribution in [0.15, 0.2) is 9.59 Å². The van der Waals surface area contributed by atoms with Crippen molar-refractivity contribution in [3.63, 3.8) is 0 Å². The molecule has 2 aliphatic carbocycles. The van der Waals surface area contributed by atoms with Gasteiger partial charge in [-0.3, -0.25) is 14.3 Å². The normalized spacial score (nSPS) is 29.3. The maximum absolute atomic E-state index is 12.7. The lowest BCUT2D eigenvalue weighted by molar-refractivity contribution is 0.233. The molecule has 0 aromatic carbocycles. The van der Waals surface area contributed by atoms with E-state index in [4.69, 9.17) is 11.6 Å². The average molecular weight is 311 g/mol. The minimum absolute atomic E-state index is 0.000305. The van der Waals surface area contributed by atoms with Crippen LogP contribution in [0.1, 0.15) is 64.0 Å². The third-order valence-corrected chi connectivity index (χ3v) is 5.82. The summed E-state index contributed by atoms with van der Waals surface area (Å²) in [4.78, 5) is 27.6. The summed E-state index contributed by atoms with van der Waals surface area (Å²) < 4.78 is 1.41. The Balaban J connectivity index is 2.04. The number of halogens is 1. The quantitative estimate of drug-likeness (QED) is 0.871. The van der Waals surface area contributed by atoms with E-state index in [-0.39, 0.29) is 28.4 Å². The van der Waals surface area contributed by atoms with E-state index in [0.717, 1.165) is 12.3 Å². The lowest BCUT2D eigenvalue weighted by atomic mass is 9.84. The number of nitrogens with one attached hydrogen (secondary N) is 1. The van der Waals surface area contributed by atoms with Gasteiger partial charge in [-0.15, -0.1) is 0 Å². The second-order valence-electron chi connectivity index (χ2n) is 7.07. The fourth-order valence-electron chi connectivity index (χ4n) is 4.48. The van der Waals surface area contributed by atoms with Crippen molar-refractivity contribution in [2.75, 3.05) is 0 Å². The van der Waals surface area contributed by atoms with Crippen molar-refractivity contribution < 1.29 is 0 Å². The molecular weight excluding hydrogens is 288 g/mol. The Morgan fingerprint density at radius 1 is 1.19 bits per heavy atom. The van der Waals surface area contributed by atoms with E-state index in [1.807, 2.05) is 20.8 Å². The summed E-state index contributed by atoms with van der Waals surface area (Å²) in [5.41, 5.74) is -0.0648. The van der Waals surface area contributed by atoms with Gasteiger partial charge < -0.3 is 0 Å². The zero-order chi connectivity index (χ0) is 15.3. The summed E-state index contributed by atoms with van der Waals surface area (Å²) in [5.74, 6) is 1.92. The number of nitrogens with zero attached hydrogens (tertiary/aromatic N) is 1. The highest BCUT2D eigenvalue weighted by molar-refractivity contribution is 6.30. The summed E-state index contributed by atoms with van der Waals surface area (Å²) >= 11 is 6.06. The fourth-order valence-corrected chi connectivity index (χ4v) is 4.86. The molecule has 2 bridgehead atoms. The van der Waals surface area contributed by atoms with Gasteiger partial charge in [0.05, 0.1) is 5.56 Å². The van der Waals surface area contributed by atoms with Crippen LogP contribution in [0.5, 0.6) is 0 Å². The van der Waals surface area contributed by atoms with Crippen LogP contribution in [0.3, 0.4) is 0 Å². The zero-order valence-electron chi connectivity index (χ0n) is 12.9. The molecule has 1 aromatic rings. The predicted octanol–water partition coefficient (Wildman–Crippen LogP) is 3.31. The number of hydrogen-bond donors (Lipinski definition) is 1. The van der Waals surface area contributed by atoms with Crippen molar-refractivity contribution in [2.45, 2.75) is 58.4 Å². The number of fused-ring (bicyclic) bond motifs is 2. The molecule has 5 heteroatoms. The van der Waals surface area contributed by atoms with Crippen molar-refractivity contribution in [3.05, 3.63) is 31.6 Å². The maximum atomic E-state index is 12.7. The van der Waals surface area contributed by atoms with E-state index in [0.29, 0.717) is 17.4 Å². The van der Waals surface area contributed by atoms with Crippen molar-refractivity contribution in [1.29, 1.82) is 0 Å². The SMILES string of the molecule is CC(C)c1c(Cl)[nH]c(=O)n(C(C)C2CC3CCC2C3)c1=O. The van der Waals surface area contributed by atoms with Crippen molar-refractivity contribution in [3.8, 4) is 0 Å². The Hall–Kier alpha value is -1.03. The molecule has 1 aromatic heterocycles. The first-order valence-electron chi connectivity index (χ1n) is 7.94. The van der Waals surface area contributed by atoms with Crippen LogP contribution in [0.4, 0.5) is 0 Å². The Morgan fingerprint density at radius 2 is 1.90 bits per heavy atom. The largest absolute Gasteiger partial charge is 0.329 e. The van der Waals surface area contributed by atoms with E-state index in [9.17, 15) is 9.59 Å². The van der Waals surface area contributed by atoms with Crippen molar-refractivity contribution in [2.24, 2.45) is 17.8 Å². The highest BCUT2D eigenvalue weighted by Gasteiger charge is 2.43. The van der Waals surface area contributed by atoms with Gasteiger partial charge in [0.25, 0.3) is 5.56 Å². The highest BCUT2D eigenvalue weighted by atomic mass is 35.5. The Kier molecular flexibility index (Phi) is 3.76. The zero-order valence-corrected chi connectivity index (χ0v) is 13.6. The minimum atomic E-state index is -0.371. The highest BCUT2D eigenvalue weighted by Crippen LogP contribution is 2.51. The molecule has 21 heavy (non-hydrogen) atoms. The van der Waals surface area contributed by atoms with Crippen LogP contribution < -0.4 is 11.2 Å². The molecule has 116 valence electrons. The van der Waals surface area contributed by atoms with Gasteiger partial charge in [-0.25, -0.2) is 4.79 Å². The van der Waals surface area contributed by atoms with Gasteiger partial charge in [-0.2, -0.15) is 0 Å². The van der Waals surface area contributed by atoms with E-state index in [2.05, 4.69) is 4.98 Å². The van der Waals surface area contributed by atoms with Crippen LogP contribution in [0.25, 0.3) is 0 Å². The van der Waals surface area contributed by atoms with Gasteiger partial charge in [0.1, 0.15) is 5.15 Å². The topological polar surface area (TPSA) is 54.9 Å². The number of hydrogen-bond acceptors (Lipinski definition) is 2. The summed E-state index contributed by atoms with van der Waals surface area (Å²) in [5, 5.41) is 0.191. The standard InChI is InChI=1S/C16H23ClN2O2/c1-8(2)13-14(17)18-16(21)19(15(13)20)9(3)12-7-10-4-5-11(12)6-10/h8-12H,4-7H2,1-3H3,(H,18,21). The monoisotopic (exact) mass is 310 g/mol. The number of H-pyrrole nitrogens is 1. The van der Waals surface area contributed by atoms with E-state index < -0.39 is 0 Å². The molecule has 2 saturated carbocycles. The van der Waals surface area contributed by atoms with Crippen LogP contribution in [0, 0.1) is 17.8 Å². The molecule has 4 unspecified atom stereocenters. The molecule has 0 saturated heterocycles. The Morgan fingerprint density at radius 3 is 2.43 bits per heavy atom. The van der Waals surface area contributed by atoms with Gasteiger partial charge in [0.2, 0.25) is 0 Å². The van der Waals surface area contributed by atoms with Crippen LogP contribution in [0.2, 0.25) is 5.15 Å². The van der Waals surface area contributed by atoms with Crippen LogP contribution in [-0.4, -0.2) is 9.55 Å². The number of aromatic nitrogens is 2. The first-order chi connectivity index (χ1) is 9.90. The first kappa shape index (κ1) is 14.9. The molecule has 0 radical (unpaired) electrons. The predicted molar refractivity (Wildman–Crippen MR) is 84.1 cm³/mol. The van der Waals surface area contributed by atoms with Gasteiger partial charge in [-0.1, -0.05) is 31.9 Å². The number of aromatic amines is 1. The van der Waals surface area contributed by atoms with Gasteiger partial charge in [0, 0.05) is 6.04 Å². The summed E-state index contributed by atoms with van der Waals surface area (Å²) in [6.45, 7) is 5.86. The molecule has 4 nitrogen and oxygen atoms in total. The molecule has 2 aliphatic rings. The molecule has 1 N–H and O–H groups in total. The average Bonchev–Trinajstić information content (AvgIpc) is 2.99. The molecule has 2 fully saturated rings. The second kappa shape index (κ2) is 5.31. The molecule has 3 rings (SSSR count). The Bertz CT molecular complexity index is 661. The van der Waals surface area contributed by atoms with Crippen molar-refractivity contribution in [1.82, 2.24) is 9.55 Å². The lowest BCUT2D eigenvalue weighted by Gasteiger charge is -2.29.